The summed E-state index contributed by atoms with van der Waals surface area (Å²) in [7, 11) is 1.66. The summed E-state index contributed by atoms with van der Waals surface area (Å²) in [6.07, 6.45) is 0. The van der Waals surface area contributed by atoms with Crippen molar-refractivity contribution in [3.05, 3.63) is 47.4 Å². The first kappa shape index (κ1) is 18.3. The van der Waals surface area contributed by atoms with Gasteiger partial charge in [0, 0.05) is 37.8 Å². The van der Waals surface area contributed by atoms with Crippen LogP contribution in [0.5, 0.6) is 0 Å². The number of carbonyl (C=O) groups is 3. The van der Waals surface area contributed by atoms with Crippen LogP contribution in [0.4, 0.5) is 11.4 Å². The molecule has 0 spiro atoms. The number of hydrogen-bond donors (Lipinski definition) is 2. The van der Waals surface area contributed by atoms with E-state index in [0.717, 1.165) is 5.76 Å². The summed E-state index contributed by atoms with van der Waals surface area (Å²) in [6, 6.07) is 8.38. The minimum Gasteiger partial charge on any atom is -0.464 e. The summed E-state index contributed by atoms with van der Waals surface area (Å²) in [6.45, 7) is 4.89. The van der Waals surface area contributed by atoms with Crippen LogP contribution < -0.4 is 10.6 Å². The maximum absolute atomic E-state index is 12.7. The van der Waals surface area contributed by atoms with E-state index < -0.39 is 0 Å². The summed E-state index contributed by atoms with van der Waals surface area (Å²) >= 11 is 0. The third kappa shape index (κ3) is 5.20. The molecule has 0 bridgehead atoms. The molecule has 1 aromatic carbocycles. The minimum atomic E-state index is -0.266. The van der Waals surface area contributed by atoms with E-state index in [0.29, 0.717) is 29.2 Å². The molecule has 0 atom stereocenters. The van der Waals surface area contributed by atoms with Gasteiger partial charge in [0.2, 0.25) is 11.8 Å². The molecule has 0 radical (unpaired) electrons. The van der Waals surface area contributed by atoms with Crippen molar-refractivity contribution in [3.8, 4) is 0 Å². The van der Waals surface area contributed by atoms with Crippen molar-refractivity contribution in [3.63, 3.8) is 0 Å². The van der Waals surface area contributed by atoms with Crippen molar-refractivity contribution in [2.45, 2.75) is 27.3 Å². The van der Waals surface area contributed by atoms with Crippen molar-refractivity contribution in [2.75, 3.05) is 17.7 Å². The molecular weight excluding hydrogens is 322 g/mol. The Morgan fingerprint density at radius 1 is 1.00 bits per heavy atom. The van der Waals surface area contributed by atoms with E-state index in [1.165, 1.54) is 18.7 Å². The van der Waals surface area contributed by atoms with E-state index in [1.807, 2.05) is 19.1 Å². The standard InChI is InChI=1S/C18H21N3O4/c1-11-5-6-17(25-11)10-21(4)18(24)14-7-15(19-12(2)22)9-16(8-14)20-13(3)23/h5-9H,10H2,1-4H3,(H,19,22)(H,20,23). The number of hydrogen-bond acceptors (Lipinski definition) is 4. The fourth-order valence-corrected chi connectivity index (χ4v) is 2.40. The molecular formula is C18H21N3O4. The van der Waals surface area contributed by atoms with Crippen LogP contribution >= 0.6 is 0 Å². The van der Waals surface area contributed by atoms with E-state index >= 15 is 0 Å². The molecule has 2 N–H and O–H groups in total. The first-order valence-electron chi connectivity index (χ1n) is 7.75. The Hall–Kier alpha value is -3.09. The highest BCUT2D eigenvalue weighted by Gasteiger charge is 2.16. The molecule has 3 amide bonds. The van der Waals surface area contributed by atoms with Gasteiger partial charge in [0.25, 0.3) is 5.91 Å². The molecule has 1 heterocycles. The molecule has 0 saturated carbocycles. The average molecular weight is 343 g/mol. The van der Waals surface area contributed by atoms with Gasteiger partial charge in [-0.25, -0.2) is 0 Å². The van der Waals surface area contributed by atoms with Crippen LogP contribution in [0.1, 0.15) is 35.7 Å². The van der Waals surface area contributed by atoms with Crippen molar-refractivity contribution in [1.29, 1.82) is 0 Å². The second-order valence-corrected chi connectivity index (χ2v) is 5.83. The molecule has 0 saturated heterocycles. The molecule has 0 aliphatic rings. The zero-order chi connectivity index (χ0) is 18.6. The van der Waals surface area contributed by atoms with E-state index in [1.54, 1.807) is 25.2 Å². The lowest BCUT2D eigenvalue weighted by Gasteiger charge is -2.17. The van der Waals surface area contributed by atoms with Crippen LogP contribution in [0.25, 0.3) is 0 Å². The molecule has 7 nitrogen and oxygen atoms in total. The summed E-state index contributed by atoms with van der Waals surface area (Å²) < 4.78 is 5.49. The number of carbonyl (C=O) groups excluding carboxylic acids is 3. The molecule has 2 aromatic rings. The normalized spacial score (nSPS) is 10.2. The Morgan fingerprint density at radius 2 is 1.56 bits per heavy atom. The number of nitrogens with zero attached hydrogens (tertiary/aromatic N) is 1. The largest absolute Gasteiger partial charge is 0.464 e. The molecule has 25 heavy (non-hydrogen) atoms. The minimum absolute atomic E-state index is 0.257. The van der Waals surface area contributed by atoms with E-state index in [4.69, 9.17) is 4.42 Å². The second kappa shape index (κ2) is 7.65. The van der Waals surface area contributed by atoms with Crippen molar-refractivity contribution in [1.82, 2.24) is 4.90 Å². The van der Waals surface area contributed by atoms with Gasteiger partial charge in [-0.2, -0.15) is 0 Å². The van der Waals surface area contributed by atoms with E-state index in [9.17, 15) is 14.4 Å². The van der Waals surface area contributed by atoms with Crippen LogP contribution in [-0.2, 0) is 16.1 Å². The molecule has 1 aromatic heterocycles. The number of nitrogens with one attached hydrogen (secondary N) is 2. The first-order valence-corrected chi connectivity index (χ1v) is 7.75. The van der Waals surface area contributed by atoms with Gasteiger partial charge in [-0.05, 0) is 37.3 Å². The average Bonchev–Trinajstić information content (AvgIpc) is 2.89. The van der Waals surface area contributed by atoms with E-state index in [2.05, 4.69) is 10.6 Å². The van der Waals surface area contributed by atoms with Crippen LogP contribution in [-0.4, -0.2) is 29.7 Å². The summed E-state index contributed by atoms with van der Waals surface area (Å²) in [5, 5.41) is 5.25. The number of rotatable bonds is 5. The number of anilines is 2. The van der Waals surface area contributed by atoms with Gasteiger partial charge >= 0.3 is 0 Å². The van der Waals surface area contributed by atoms with Gasteiger partial charge in [0.15, 0.2) is 0 Å². The lowest BCUT2D eigenvalue weighted by atomic mass is 10.1. The number of furan rings is 1. The molecule has 0 aliphatic heterocycles. The first-order chi connectivity index (χ1) is 11.7. The third-order valence-corrected chi connectivity index (χ3v) is 3.36. The number of aryl methyl sites for hydroxylation is 1. The highest BCUT2D eigenvalue weighted by atomic mass is 16.3. The molecule has 0 aliphatic carbocycles. The zero-order valence-corrected chi connectivity index (χ0v) is 14.7. The number of benzene rings is 1. The van der Waals surface area contributed by atoms with Crippen molar-refractivity contribution >= 4 is 29.1 Å². The van der Waals surface area contributed by atoms with Gasteiger partial charge in [-0.15, -0.1) is 0 Å². The Morgan fingerprint density at radius 3 is 2.00 bits per heavy atom. The van der Waals surface area contributed by atoms with Gasteiger partial charge in [0.05, 0.1) is 6.54 Å². The highest BCUT2D eigenvalue weighted by Crippen LogP contribution is 2.21. The molecule has 132 valence electrons. The van der Waals surface area contributed by atoms with Gasteiger partial charge in [-0.1, -0.05) is 0 Å². The monoisotopic (exact) mass is 343 g/mol. The Bertz CT molecular complexity index is 776. The summed E-state index contributed by atoms with van der Waals surface area (Å²) in [5.41, 5.74) is 1.22. The molecule has 0 fully saturated rings. The Kier molecular flexibility index (Phi) is 5.59. The van der Waals surface area contributed by atoms with Crippen LogP contribution in [0.2, 0.25) is 0 Å². The maximum atomic E-state index is 12.7. The zero-order valence-electron chi connectivity index (χ0n) is 14.7. The lowest BCUT2D eigenvalue weighted by molar-refractivity contribution is -0.115. The Balaban J connectivity index is 2.26. The van der Waals surface area contributed by atoms with Crippen LogP contribution in [0, 0.1) is 6.92 Å². The maximum Gasteiger partial charge on any atom is 0.254 e. The second-order valence-electron chi connectivity index (χ2n) is 5.83. The molecule has 0 unspecified atom stereocenters. The smallest absolute Gasteiger partial charge is 0.254 e. The predicted molar refractivity (Wildman–Crippen MR) is 94.3 cm³/mol. The van der Waals surface area contributed by atoms with Crippen LogP contribution in [0.15, 0.2) is 34.7 Å². The quantitative estimate of drug-likeness (QED) is 0.873. The number of amides is 3. The molecule has 2 rings (SSSR count). The predicted octanol–water partition coefficient (Wildman–Crippen LogP) is 2.78. The van der Waals surface area contributed by atoms with Crippen molar-refractivity contribution in [2.24, 2.45) is 0 Å². The van der Waals surface area contributed by atoms with Gasteiger partial charge < -0.3 is 20.0 Å². The topological polar surface area (TPSA) is 91.7 Å². The Labute approximate surface area is 146 Å². The fraction of sp³-hybridized carbons (Fsp3) is 0.278. The third-order valence-electron chi connectivity index (χ3n) is 3.36. The van der Waals surface area contributed by atoms with Gasteiger partial charge in [0.1, 0.15) is 11.5 Å². The molecule has 7 heteroatoms. The highest BCUT2D eigenvalue weighted by molar-refractivity contribution is 5.99. The summed E-state index contributed by atoms with van der Waals surface area (Å²) in [4.78, 5) is 36.8. The SMILES string of the molecule is CC(=O)Nc1cc(NC(C)=O)cc(C(=O)N(C)Cc2ccc(C)o2)c1. The fourth-order valence-electron chi connectivity index (χ4n) is 2.40. The van der Waals surface area contributed by atoms with Gasteiger partial charge in [-0.3, -0.25) is 14.4 Å². The lowest BCUT2D eigenvalue weighted by Crippen LogP contribution is -2.26. The van der Waals surface area contributed by atoms with E-state index in [-0.39, 0.29) is 17.7 Å². The van der Waals surface area contributed by atoms with Crippen molar-refractivity contribution < 1.29 is 18.8 Å². The van der Waals surface area contributed by atoms with Crippen LogP contribution in [0.3, 0.4) is 0 Å². The summed E-state index contributed by atoms with van der Waals surface area (Å²) in [5.74, 6) is 0.660.